The molecule has 0 radical (unpaired) electrons. The fourth-order valence-corrected chi connectivity index (χ4v) is 2.11. The maximum absolute atomic E-state index is 4.20. The van der Waals surface area contributed by atoms with Crippen LogP contribution >= 0.6 is 15.9 Å². The molecule has 0 aliphatic heterocycles. The van der Waals surface area contributed by atoms with E-state index < -0.39 is 0 Å². The Morgan fingerprint density at radius 2 is 2.05 bits per heavy atom. The van der Waals surface area contributed by atoms with E-state index in [2.05, 4.69) is 65.3 Å². The summed E-state index contributed by atoms with van der Waals surface area (Å²) in [6.07, 6.45) is 1.96. The van der Waals surface area contributed by atoms with Gasteiger partial charge < -0.3 is 5.32 Å². The Hall–Kier alpha value is -1.20. The zero-order valence-electron chi connectivity index (χ0n) is 11.7. The number of halogens is 1. The molecule has 0 amide bonds. The van der Waals surface area contributed by atoms with Gasteiger partial charge in [-0.1, -0.05) is 17.3 Å². The zero-order chi connectivity index (χ0) is 14.0. The molecule has 2 rings (SSSR count). The molecule has 5 heteroatoms. The fourth-order valence-electron chi connectivity index (χ4n) is 1.66. The van der Waals surface area contributed by atoms with Gasteiger partial charge in [-0.05, 0) is 55.3 Å². The largest absolute Gasteiger partial charge is 0.306 e. The minimum absolute atomic E-state index is 0.0771. The number of benzene rings is 1. The van der Waals surface area contributed by atoms with Gasteiger partial charge in [0.05, 0.1) is 17.6 Å². The van der Waals surface area contributed by atoms with Crippen molar-refractivity contribution >= 4 is 15.9 Å². The summed E-state index contributed by atoms with van der Waals surface area (Å²) >= 11 is 3.59. The predicted octanol–water partition coefficient (Wildman–Crippen LogP) is 3.23. The molecule has 1 N–H and O–H groups in total. The Kier molecular flexibility index (Phi) is 4.06. The quantitative estimate of drug-likeness (QED) is 0.943. The molecule has 0 saturated heterocycles. The summed E-state index contributed by atoms with van der Waals surface area (Å²) in [6, 6.07) is 6.10. The molecule has 0 bridgehead atoms. The molecule has 0 saturated carbocycles. The van der Waals surface area contributed by atoms with Crippen LogP contribution in [0.5, 0.6) is 0 Å². The Morgan fingerprint density at radius 3 is 2.74 bits per heavy atom. The SMILES string of the molecule is Cc1cccc(-n2cc(CNC(C)(C)C)nn2)c1Br. The minimum atomic E-state index is 0.0771. The van der Waals surface area contributed by atoms with Crippen LogP contribution in [0.4, 0.5) is 0 Å². The van der Waals surface area contributed by atoms with Gasteiger partial charge in [-0.2, -0.15) is 0 Å². The first-order valence-corrected chi connectivity index (χ1v) is 7.08. The lowest BCUT2D eigenvalue weighted by molar-refractivity contribution is 0.421. The van der Waals surface area contributed by atoms with E-state index in [-0.39, 0.29) is 5.54 Å². The highest BCUT2D eigenvalue weighted by atomic mass is 79.9. The van der Waals surface area contributed by atoms with Crippen LogP contribution < -0.4 is 5.32 Å². The third-order valence-corrected chi connectivity index (χ3v) is 3.79. The van der Waals surface area contributed by atoms with Crippen LogP contribution in [0.15, 0.2) is 28.9 Å². The van der Waals surface area contributed by atoms with Gasteiger partial charge in [-0.3, -0.25) is 0 Å². The van der Waals surface area contributed by atoms with Gasteiger partial charge in [0.15, 0.2) is 0 Å². The van der Waals surface area contributed by atoms with Crippen molar-refractivity contribution in [2.75, 3.05) is 0 Å². The lowest BCUT2D eigenvalue weighted by Gasteiger charge is -2.19. The van der Waals surface area contributed by atoms with Gasteiger partial charge in [-0.15, -0.1) is 5.10 Å². The lowest BCUT2D eigenvalue weighted by Crippen LogP contribution is -2.35. The first-order chi connectivity index (χ1) is 8.87. The Labute approximate surface area is 122 Å². The van der Waals surface area contributed by atoms with E-state index >= 15 is 0 Å². The van der Waals surface area contributed by atoms with Crippen molar-refractivity contribution in [3.63, 3.8) is 0 Å². The molecule has 1 heterocycles. The van der Waals surface area contributed by atoms with E-state index in [1.54, 1.807) is 4.68 Å². The van der Waals surface area contributed by atoms with Gasteiger partial charge in [-0.25, -0.2) is 4.68 Å². The number of aromatic nitrogens is 3. The maximum Gasteiger partial charge on any atom is 0.0969 e. The zero-order valence-corrected chi connectivity index (χ0v) is 13.3. The van der Waals surface area contributed by atoms with Crippen molar-refractivity contribution in [2.24, 2.45) is 0 Å². The van der Waals surface area contributed by atoms with E-state index in [9.17, 15) is 0 Å². The van der Waals surface area contributed by atoms with E-state index in [4.69, 9.17) is 0 Å². The molecular formula is C14H19BrN4. The van der Waals surface area contributed by atoms with Crippen molar-refractivity contribution in [1.82, 2.24) is 20.3 Å². The normalized spacial score (nSPS) is 11.8. The van der Waals surface area contributed by atoms with Crippen LogP contribution in [0.2, 0.25) is 0 Å². The maximum atomic E-state index is 4.20. The highest BCUT2D eigenvalue weighted by Gasteiger charge is 2.11. The van der Waals surface area contributed by atoms with Crippen LogP contribution in [-0.2, 0) is 6.54 Å². The molecule has 0 aliphatic rings. The molecule has 102 valence electrons. The molecule has 19 heavy (non-hydrogen) atoms. The van der Waals surface area contributed by atoms with Crippen molar-refractivity contribution < 1.29 is 0 Å². The van der Waals surface area contributed by atoms with Gasteiger partial charge >= 0.3 is 0 Å². The third kappa shape index (κ3) is 3.64. The number of nitrogens with one attached hydrogen (secondary N) is 1. The Morgan fingerprint density at radius 1 is 1.32 bits per heavy atom. The predicted molar refractivity (Wildman–Crippen MR) is 80.4 cm³/mol. The van der Waals surface area contributed by atoms with Crippen LogP contribution in [0.25, 0.3) is 5.69 Å². The van der Waals surface area contributed by atoms with Crippen LogP contribution in [-0.4, -0.2) is 20.5 Å². The number of aryl methyl sites for hydroxylation is 1. The minimum Gasteiger partial charge on any atom is -0.306 e. The van der Waals surface area contributed by atoms with E-state index in [0.29, 0.717) is 6.54 Å². The third-order valence-electron chi connectivity index (χ3n) is 2.76. The smallest absolute Gasteiger partial charge is 0.0969 e. The van der Waals surface area contributed by atoms with Crippen LogP contribution in [0, 0.1) is 6.92 Å². The van der Waals surface area contributed by atoms with Gasteiger partial charge in [0.2, 0.25) is 0 Å². The molecule has 4 nitrogen and oxygen atoms in total. The summed E-state index contributed by atoms with van der Waals surface area (Å²) in [7, 11) is 0. The number of nitrogens with zero attached hydrogens (tertiary/aromatic N) is 3. The second-order valence-corrected chi connectivity index (χ2v) is 6.46. The van der Waals surface area contributed by atoms with Crippen molar-refractivity contribution in [2.45, 2.75) is 39.8 Å². The van der Waals surface area contributed by atoms with E-state index in [0.717, 1.165) is 15.9 Å². The second kappa shape index (κ2) is 5.43. The number of hydrogen-bond acceptors (Lipinski definition) is 3. The second-order valence-electron chi connectivity index (χ2n) is 5.67. The van der Waals surface area contributed by atoms with Crippen LogP contribution in [0.1, 0.15) is 32.0 Å². The molecule has 0 atom stereocenters. The molecule has 2 aromatic rings. The molecule has 0 fully saturated rings. The summed E-state index contributed by atoms with van der Waals surface area (Å²) in [6.45, 7) is 9.18. The Bertz CT molecular complexity index is 569. The highest BCUT2D eigenvalue weighted by Crippen LogP contribution is 2.23. The summed E-state index contributed by atoms with van der Waals surface area (Å²) < 4.78 is 2.85. The molecule has 1 aromatic carbocycles. The number of rotatable bonds is 3. The van der Waals surface area contributed by atoms with Crippen molar-refractivity contribution in [1.29, 1.82) is 0 Å². The molecule has 1 aromatic heterocycles. The molecular weight excluding hydrogens is 304 g/mol. The lowest BCUT2D eigenvalue weighted by atomic mass is 10.1. The van der Waals surface area contributed by atoms with Crippen LogP contribution in [0.3, 0.4) is 0 Å². The Balaban J connectivity index is 2.19. The monoisotopic (exact) mass is 322 g/mol. The first kappa shape index (κ1) is 14.2. The summed E-state index contributed by atoms with van der Waals surface area (Å²) in [4.78, 5) is 0. The average Bonchev–Trinajstić information content (AvgIpc) is 2.78. The van der Waals surface area contributed by atoms with E-state index in [1.807, 2.05) is 18.3 Å². The fraction of sp³-hybridized carbons (Fsp3) is 0.429. The van der Waals surface area contributed by atoms with Crippen molar-refractivity contribution in [3.8, 4) is 5.69 Å². The average molecular weight is 323 g/mol. The van der Waals surface area contributed by atoms with Gasteiger partial charge in [0, 0.05) is 16.6 Å². The summed E-state index contributed by atoms with van der Waals surface area (Å²) in [5.41, 5.74) is 3.20. The van der Waals surface area contributed by atoms with Gasteiger partial charge in [0.1, 0.15) is 0 Å². The molecule has 0 unspecified atom stereocenters. The topological polar surface area (TPSA) is 42.7 Å². The standard InChI is InChI=1S/C14H19BrN4/c1-10-6-5-7-12(13(10)15)19-9-11(17-18-19)8-16-14(2,3)4/h5-7,9,16H,8H2,1-4H3. The van der Waals surface area contributed by atoms with E-state index in [1.165, 1.54) is 5.56 Å². The number of hydrogen-bond donors (Lipinski definition) is 1. The molecule has 0 spiro atoms. The van der Waals surface area contributed by atoms with Crippen molar-refractivity contribution in [3.05, 3.63) is 40.1 Å². The summed E-state index contributed by atoms with van der Waals surface area (Å²) in [5, 5.41) is 11.8. The molecule has 0 aliphatic carbocycles. The first-order valence-electron chi connectivity index (χ1n) is 6.28. The summed E-state index contributed by atoms with van der Waals surface area (Å²) in [5.74, 6) is 0. The van der Waals surface area contributed by atoms with Gasteiger partial charge in [0.25, 0.3) is 0 Å². The highest BCUT2D eigenvalue weighted by molar-refractivity contribution is 9.10.